The SMILES string of the molecule is C/C(=N/NC(=O)[C@H](C)N(c1ccccc1)S(C)(=O)=O)c1ccc(Cl)cc1. The molecule has 2 rings (SSSR count). The second kappa shape index (κ2) is 8.33. The fraction of sp³-hybridized carbons (Fsp3) is 0.222. The van der Waals surface area contributed by atoms with E-state index in [1.54, 1.807) is 61.5 Å². The molecule has 0 saturated carbocycles. The number of carbonyl (C=O) groups excluding carboxylic acids is 1. The van der Waals surface area contributed by atoms with Crippen LogP contribution in [0.5, 0.6) is 0 Å². The van der Waals surface area contributed by atoms with Crippen molar-refractivity contribution >= 4 is 38.9 Å². The molecular formula is C18H20ClN3O3S. The van der Waals surface area contributed by atoms with E-state index in [1.165, 1.54) is 6.92 Å². The monoisotopic (exact) mass is 393 g/mol. The summed E-state index contributed by atoms with van der Waals surface area (Å²) in [6.07, 6.45) is 1.06. The molecule has 1 atom stereocenters. The van der Waals surface area contributed by atoms with E-state index in [-0.39, 0.29) is 0 Å². The summed E-state index contributed by atoms with van der Waals surface area (Å²) in [5, 5.41) is 4.66. The molecule has 1 amide bonds. The summed E-state index contributed by atoms with van der Waals surface area (Å²) in [4.78, 5) is 12.4. The van der Waals surface area contributed by atoms with E-state index in [9.17, 15) is 13.2 Å². The lowest BCUT2D eigenvalue weighted by Crippen LogP contribution is -2.46. The fourth-order valence-electron chi connectivity index (χ4n) is 2.37. The van der Waals surface area contributed by atoms with Gasteiger partial charge in [-0.2, -0.15) is 5.10 Å². The minimum atomic E-state index is -3.65. The molecular weight excluding hydrogens is 374 g/mol. The summed E-state index contributed by atoms with van der Waals surface area (Å²) in [5.41, 5.74) is 4.21. The molecule has 0 aromatic heterocycles. The van der Waals surface area contributed by atoms with Gasteiger partial charge in [0.05, 0.1) is 17.7 Å². The summed E-state index contributed by atoms with van der Waals surface area (Å²) in [5.74, 6) is -0.535. The normalized spacial score (nSPS) is 13.2. The quantitative estimate of drug-likeness (QED) is 0.605. The molecule has 2 aromatic carbocycles. The Hall–Kier alpha value is -2.38. The van der Waals surface area contributed by atoms with Crippen molar-refractivity contribution in [2.24, 2.45) is 5.10 Å². The Morgan fingerprint density at radius 3 is 2.23 bits per heavy atom. The van der Waals surface area contributed by atoms with E-state index in [0.29, 0.717) is 16.4 Å². The van der Waals surface area contributed by atoms with Gasteiger partial charge < -0.3 is 0 Å². The van der Waals surface area contributed by atoms with Gasteiger partial charge in [-0.05, 0) is 43.7 Å². The number of para-hydroxylation sites is 1. The van der Waals surface area contributed by atoms with Gasteiger partial charge in [0.25, 0.3) is 5.91 Å². The van der Waals surface area contributed by atoms with Crippen LogP contribution in [-0.4, -0.2) is 32.3 Å². The number of sulfonamides is 1. The number of hydrazone groups is 1. The van der Waals surface area contributed by atoms with E-state index in [4.69, 9.17) is 11.6 Å². The molecule has 26 heavy (non-hydrogen) atoms. The molecule has 0 spiro atoms. The maximum absolute atomic E-state index is 12.4. The molecule has 0 radical (unpaired) electrons. The van der Waals surface area contributed by atoms with Crippen molar-refractivity contribution in [1.82, 2.24) is 5.43 Å². The number of benzene rings is 2. The molecule has 0 fully saturated rings. The third-order valence-corrected chi connectivity index (χ3v) is 5.19. The smallest absolute Gasteiger partial charge is 0.263 e. The Balaban J connectivity index is 2.19. The highest BCUT2D eigenvalue weighted by Crippen LogP contribution is 2.20. The number of amides is 1. The summed E-state index contributed by atoms with van der Waals surface area (Å²) in [7, 11) is -3.65. The first-order valence-corrected chi connectivity index (χ1v) is 10.1. The van der Waals surface area contributed by atoms with Crippen LogP contribution in [0.25, 0.3) is 0 Å². The Morgan fingerprint density at radius 1 is 1.12 bits per heavy atom. The van der Waals surface area contributed by atoms with Gasteiger partial charge in [-0.25, -0.2) is 13.8 Å². The Morgan fingerprint density at radius 2 is 1.69 bits per heavy atom. The number of anilines is 1. The van der Waals surface area contributed by atoms with Crippen molar-refractivity contribution in [3.05, 3.63) is 65.2 Å². The average Bonchev–Trinajstić information content (AvgIpc) is 2.59. The number of carbonyl (C=O) groups is 1. The van der Waals surface area contributed by atoms with Crippen molar-refractivity contribution in [3.63, 3.8) is 0 Å². The predicted molar refractivity (Wildman–Crippen MR) is 105 cm³/mol. The lowest BCUT2D eigenvalue weighted by atomic mass is 10.1. The molecule has 6 nitrogen and oxygen atoms in total. The van der Waals surface area contributed by atoms with Crippen LogP contribution < -0.4 is 9.73 Å². The van der Waals surface area contributed by atoms with Gasteiger partial charge in [0.1, 0.15) is 6.04 Å². The molecule has 0 aliphatic rings. The Kier molecular flexibility index (Phi) is 6.39. The summed E-state index contributed by atoms with van der Waals surface area (Å²) < 4.78 is 25.4. The third kappa shape index (κ3) is 5.06. The number of rotatable bonds is 6. The maximum atomic E-state index is 12.4. The fourth-order valence-corrected chi connectivity index (χ4v) is 3.67. The standard InChI is InChI=1S/C18H20ClN3O3S/c1-13(15-9-11-16(19)12-10-15)20-21-18(23)14(2)22(26(3,24)25)17-7-5-4-6-8-17/h4-12,14H,1-3H3,(H,21,23)/b20-13-/t14-/m0/s1. The highest BCUT2D eigenvalue weighted by atomic mass is 35.5. The highest BCUT2D eigenvalue weighted by Gasteiger charge is 2.28. The van der Waals surface area contributed by atoms with Crippen molar-refractivity contribution < 1.29 is 13.2 Å². The first kappa shape index (κ1) is 19.9. The molecule has 0 heterocycles. The predicted octanol–water partition coefficient (Wildman–Crippen LogP) is 3.03. The molecule has 1 N–H and O–H groups in total. The number of nitrogens with one attached hydrogen (secondary N) is 1. The Bertz CT molecular complexity index is 897. The van der Waals surface area contributed by atoms with Crippen LogP contribution in [-0.2, 0) is 14.8 Å². The zero-order valence-electron chi connectivity index (χ0n) is 14.7. The molecule has 0 bridgehead atoms. The number of halogens is 1. The molecule has 0 aliphatic carbocycles. The van der Waals surface area contributed by atoms with Gasteiger partial charge in [-0.3, -0.25) is 9.10 Å². The van der Waals surface area contributed by atoms with Crippen LogP contribution in [0.15, 0.2) is 59.7 Å². The lowest BCUT2D eigenvalue weighted by Gasteiger charge is -2.27. The topological polar surface area (TPSA) is 78.8 Å². The molecule has 2 aromatic rings. The maximum Gasteiger partial charge on any atom is 0.263 e. The van der Waals surface area contributed by atoms with Crippen molar-refractivity contribution in [2.45, 2.75) is 19.9 Å². The van der Waals surface area contributed by atoms with Crippen LogP contribution in [0.4, 0.5) is 5.69 Å². The lowest BCUT2D eigenvalue weighted by molar-refractivity contribution is -0.121. The average molecular weight is 394 g/mol. The zero-order chi connectivity index (χ0) is 19.3. The van der Waals surface area contributed by atoms with E-state index in [2.05, 4.69) is 10.5 Å². The van der Waals surface area contributed by atoms with Gasteiger partial charge in [-0.1, -0.05) is 41.9 Å². The molecule has 0 unspecified atom stereocenters. The minimum absolute atomic E-state index is 0.413. The first-order valence-electron chi connectivity index (χ1n) is 7.84. The number of hydrogen-bond acceptors (Lipinski definition) is 4. The van der Waals surface area contributed by atoms with Crippen LogP contribution >= 0.6 is 11.6 Å². The molecule has 0 saturated heterocycles. The van der Waals surface area contributed by atoms with Gasteiger partial charge in [-0.15, -0.1) is 0 Å². The first-order chi connectivity index (χ1) is 12.2. The van der Waals surface area contributed by atoms with Crippen molar-refractivity contribution in [3.8, 4) is 0 Å². The van der Waals surface area contributed by atoms with E-state index < -0.39 is 22.0 Å². The van der Waals surface area contributed by atoms with Gasteiger partial charge >= 0.3 is 0 Å². The van der Waals surface area contributed by atoms with Gasteiger partial charge in [0, 0.05) is 5.02 Å². The summed E-state index contributed by atoms with van der Waals surface area (Å²) >= 11 is 5.85. The molecule has 0 aliphatic heterocycles. The summed E-state index contributed by atoms with van der Waals surface area (Å²) in [6, 6.07) is 14.5. The van der Waals surface area contributed by atoms with E-state index in [1.807, 2.05) is 0 Å². The minimum Gasteiger partial charge on any atom is -0.271 e. The van der Waals surface area contributed by atoms with Crippen molar-refractivity contribution in [2.75, 3.05) is 10.6 Å². The second-order valence-corrected chi connectivity index (χ2v) is 8.05. The third-order valence-electron chi connectivity index (χ3n) is 3.69. The molecule has 8 heteroatoms. The van der Waals surface area contributed by atoms with Crippen LogP contribution in [0, 0.1) is 0 Å². The number of hydrogen-bond donors (Lipinski definition) is 1. The van der Waals surface area contributed by atoms with Gasteiger partial charge in [0.2, 0.25) is 10.0 Å². The van der Waals surface area contributed by atoms with E-state index >= 15 is 0 Å². The highest BCUT2D eigenvalue weighted by molar-refractivity contribution is 7.92. The van der Waals surface area contributed by atoms with Crippen molar-refractivity contribution in [1.29, 1.82) is 0 Å². The van der Waals surface area contributed by atoms with Crippen LogP contribution in [0.1, 0.15) is 19.4 Å². The number of nitrogens with zero attached hydrogens (tertiary/aromatic N) is 2. The van der Waals surface area contributed by atoms with Gasteiger partial charge in [0.15, 0.2) is 0 Å². The van der Waals surface area contributed by atoms with E-state index in [0.717, 1.165) is 16.1 Å². The second-order valence-electron chi connectivity index (χ2n) is 5.75. The largest absolute Gasteiger partial charge is 0.271 e. The van der Waals surface area contributed by atoms with Crippen LogP contribution in [0.2, 0.25) is 5.02 Å². The summed E-state index contributed by atoms with van der Waals surface area (Å²) in [6.45, 7) is 3.25. The Labute approximate surface area is 158 Å². The zero-order valence-corrected chi connectivity index (χ0v) is 16.3. The van der Waals surface area contributed by atoms with Crippen LogP contribution in [0.3, 0.4) is 0 Å². The molecule has 138 valence electrons.